The number of fused-ring (bicyclic) bond motifs is 1. The van der Waals surface area contributed by atoms with Crippen molar-refractivity contribution in [3.8, 4) is 0 Å². The Bertz CT molecular complexity index is 746. The quantitative estimate of drug-likeness (QED) is 0.416. The number of hydrogen-bond acceptors (Lipinski definition) is 3. The number of rotatable bonds is 4. The van der Waals surface area contributed by atoms with E-state index in [-0.39, 0.29) is 35.7 Å². The van der Waals surface area contributed by atoms with E-state index in [4.69, 9.17) is 4.74 Å². The predicted octanol–water partition coefficient (Wildman–Crippen LogP) is 5.23. The van der Waals surface area contributed by atoms with E-state index in [1.54, 1.807) is 12.1 Å². The molecule has 0 spiro atoms. The minimum atomic E-state index is -0.269. The largest absolute Gasteiger partial charge is 0.458 e. The van der Waals surface area contributed by atoms with Crippen LogP contribution in [0.15, 0.2) is 53.6 Å². The normalized spacial score (nSPS) is 33.6. The first kappa shape index (κ1) is 19.6. The molecule has 3 heteroatoms. The van der Waals surface area contributed by atoms with Gasteiger partial charge in [0.2, 0.25) is 0 Å². The standard InChI is InChI=1S/C24H30O3/c1-5-15(2)22-17(4)13-19-21(12-11-16(3)23(19)20(22)14-25)27-24(26)18-9-7-6-8-10-18/h5-10,13-14,16,19-23H,11-12H2,1-4H3/b15-5+/t16-,19-,20+,21-,22+,23+/m0/s1. The van der Waals surface area contributed by atoms with Gasteiger partial charge in [0.15, 0.2) is 0 Å². The van der Waals surface area contributed by atoms with Crippen LogP contribution in [0.25, 0.3) is 0 Å². The zero-order valence-electron chi connectivity index (χ0n) is 16.7. The maximum atomic E-state index is 12.6. The highest BCUT2D eigenvalue weighted by molar-refractivity contribution is 5.89. The van der Waals surface area contributed by atoms with Crippen molar-refractivity contribution < 1.29 is 14.3 Å². The second-order valence-electron chi connectivity index (χ2n) is 8.15. The van der Waals surface area contributed by atoms with Gasteiger partial charge in [-0.2, -0.15) is 0 Å². The molecule has 6 atom stereocenters. The lowest BCUT2D eigenvalue weighted by molar-refractivity contribution is -0.117. The molecular formula is C24H30O3. The minimum absolute atomic E-state index is 0.0515. The fourth-order valence-corrected chi connectivity index (χ4v) is 5.16. The van der Waals surface area contributed by atoms with Crippen LogP contribution in [0.3, 0.4) is 0 Å². The van der Waals surface area contributed by atoms with Gasteiger partial charge in [-0.15, -0.1) is 0 Å². The minimum Gasteiger partial charge on any atom is -0.458 e. The first-order valence-electron chi connectivity index (χ1n) is 10.00. The molecule has 0 N–H and O–H groups in total. The highest BCUT2D eigenvalue weighted by Gasteiger charge is 2.48. The summed E-state index contributed by atoms with van der Waals surface area (Å²) >= 11 is 0. The van der Waals surface area contributed by atoms with E-state index >= 15 is 0 Å². The molecule has 0 aliphatic heterocycles. The molecule has 2 aliphatic carbocycles. The van der Waals surface area contributed by atoms with E-state index < -0.39 is 0 Å². The van der Waals surface area contributed by atoms with Crippen molar-refractivity contribution in [1.29, 1.82) is 0 Å². The van der Waals surface area contributed by atoms with E-state index in [1.807, 2.05) is 25.1 Å². The molecule has 3 nitrogen and oxygen atoms in total. The molecule has 1 fully saturated rings. The van der Waals surface area contributed by atoms with Crippen LogP contribution in [0.4, 0.5) is 0 Å². The van der Waals surface area contributed by atoms with Crippen LogP contribution in [0.2, 0.25) is 0 Å². The molecule has 144 valence electrons. The van der Waals surface area contributed by atoms with Crippen LogP contribution in [-0.4, -0.2) is 18.4 Å². The monoisotopic (exact) mass is 366 g/mol. The van der Waals surface area contributed by atoms with Crippen molar-refractivity contribution in [2.75, 3.05) is 0 Å². The fourth-order valence-electron chi connectivity index (χ4n) is 5.16. The summed E-state index contributed by atoms with van der Waals surface area (Å²) in [5, 5.41) is 0. The van der Waals surface area contributed by atoms with Crippen molar-refractivity contribution in [3.05, 3.63) is 59.2 Å². The lowest BCUT2D eigenvalue weighted by atomic mass is 9.57. The summed E-state index contributed by atoms with van der Waals surface area (Å²) < 4.78 is 5.94. The number of ether oxygens (including phenoxy) is 1. The van der Waals surface area contributed by atoms with Crippen LogP contribution in [-0.2, 0) is 9.53 Å². The Morgan fingerprint density at radius 3 is 2.52 bits per heavy atom. The Labute approximate surface area is 162 Å². The van der Waals surface area contributed by atoms with E-state index in [9.17, 15) is 9.59 Å². The van der Waals surface area contributed by atoms with Gasteiger partial charge in [-0.25, -0.2) is 4.79 Å². The smallest absolute Gasteiger partial charge is 0.338 e. The van der Waals surface area contributed by atoms with Gasteiger partial charge in [0.25, 0.3) is 0 Å². The Balaban J connectivity index is 1.90. The summed E-state index contributed by atoms with van der Waals surface area (Å²) in [6.07, 6.45) is 7.20. The third kappa shape index (κ3) is 3.78. The number of aldehydes is 1. The van der Waals surface area contributed by atoms with E-state index in [0.717, 1.165) is 19.1 Å². The molecule has 1 aromatic carbocycles. The van der Waals surface area contributed by atoms with Crippen LogP contribution in [0.1, 0.15) is 50.9 Å². The van der Waals surface area contributed by atoms with Crippen molar-refractivity contribution in [3.63, 3.8) is 0 Å². The maximum absolute atomic E-state index is 12.6. The number of benzene rings is 1. The van der Waals surface area contributed by atoms with Gasteiger partial charge < -0.3 is 9.53 Å². The molecule has 1 aromatic rings. The van der Waals surface area contributed by atoms with Gasteiger partial charge in [-0.05, 0) is 57.6 Å². The molecule has 0 heterocycles. The zero-order valence-corrected chi connectivity index (χ0v) is 16.7. The number of allylic oxidation sites excluding steroid dienone is 3. The average Bonchev–Trinajstić information content (AvgIpc) is 2.69. The predicted molar refractivity (Wildman–Crippen MR) is 107 cm³/mol. The highest BCUT2D eigenvalue weighted by Crippen LogP contribution is 2.50. The third-order valence-corrected chi connectivity index (χ3v) is 6.58. The van der Waals surface area contributed by atoms with Crippen molar-refractivity contribution in [1.82, 2.24) is 0 Å². The van der Waals surface area contributed by atoms with Gasteiger partial charge in [0, 0.05) is 17.8 Å². The van der Waals surface area contributed by atoms with Crippen LogP contribution in [0, 0.1) is 29.6 Å². The highest BCUT2D eigenvalue weighted by atomic mass is 16.5. The average molecular weight is 367 g/mol. The molecule has 3 rings (SSSR count). The van der Waals surface area contributed by atoms with Crippen molar-refractivity contribution in [2.24, 2.45) is 29.6 Å². The molecule has 0 saturated heterocycles. The summed E-state index contributed by atoms with van der Waals surface area (Å²) in [7, 11) is 0. The third-order valence-electron chi connectivity index (χ3n) is 6.58. The Morgan fingerprint density at radius 2 is 1.89 bits per heavy atom. The first-order valence-corrected chi connectivity index (χ1v) is 10.00. The molecule has 0 bridgehead atoms. The summed E-state index contributed by atoms with van der Waals surface area (Å²) in [4.78, 5) is 24.7. The van der Waals surface area contributed by atoms with E-state index in [0.29, 0.717) is 11.5 Å². The second-order valence-corrected chi connectivity index (χ2v) is 8.15. The summed E-state index contributed by atoms with van der Waals surface area (Å²) in [5.41, 5.74) is 3.05. The number of hydrogen-bond donors (Lipinski definition) is 0. The first-order chi connectivity index (χ1) is 13.0. The van der Waals surface area contributed by atoms with E-state index in [2.05, 4.69) is 32.9 Å². The molecule has 0 aromatic heterocycles. The second kappa shape index (κ2) is 8.24. The molecule has 0 amide bonds. The molecule has 1 saturated carbocycles. The van der Waals surface area contributed by atoms with Gasteiger partial charge in [0.1, 0.15) is 12.4 Å². The Morgan fingerprint density at radius 1 is 1.19 bits per heavy atom. The van der Waals surface area contributed by atoms with Crippen molar-refractivity contribution >= 4 is 12.3 Å². The van der Waals surface area contributed by atoms with Gasteiger partial charge in [0.05, 0.1) is 5.56 Å². The number of carbonyl (C=O) groups excluding carboxylic acids is 2. The SMILES string of the molecule is C/C=C(\C)[C@@H]1C(C)=C[C@@H]2[C@H]([C@@H]1C=O)[C@@H](C)CC[C@@H]2OC(=O)c1ccccc1. The fraction of sp³-hybridized carbons (Fsp3) is 0.500. The molecular weight excluding hydrogens is 336 g/mol. The van der Waals surface area contributed by atoms with Crippen molar-refractivity contribution in [2.45, 2.75) is 46.6 Å². The topological polar surface area (TPSA) is 43.4 Å². The molecule has 0 unspecified atom stereocenters. The summed E-state index contributed by atoms with van der Waals surface area (Å²) in [6.45, 7) is 8.49. The number of carbonyl (C=O) groups is 2. The van der Waals surface area contributed by atoms with Crippen LogP contribution < -0.4 is 0 Å². The number of esters is 1. The van der Waals surface area contributed by atoms with Crippen LogP contribution >= 0.6 is 0 Å². The summed E-state index contributed by atoms with van der Waals surface area (Å²) in [5.74, 6) is 0.609. The van der Waals surface area contributed by atoms with E-state index in [1.165, 1.54) is 11.1 Å². The van der Waals surface area contributed by atoms with Gasteiger partial charge in [-0.3, -0.25) is 0 Å². The Kier molecular flexibility index (Phi) is 5.98. The lowest BCUT2D eigenvalue weighted by Gasteiger charge is -2.48. The van der Waals surface area contributed by atoms with Gasteiger partial charge >= 0.3 is 5.97 Å². The molecule has 27 heavy (non-hydrogen) atoms. The molecule has 0 radical (unpaired) electrons. The lowest BCUT2D eigenvalue weighted by Crippen LogP contribution is -2.47. The van der Waals surface area contributed by atoms with Crippen LogP contribution in [0.5, 0.6) is 0 Å². The zero-order chi connectivity index (χ0) is 19.6. The molecule has 2 aliphatic rings. The summed E-state index contributed by atoms with van der Waals surface area (Å²) in [6, 6.07) is 9.15. The maximum Gasteiger partial charge on any atom is 0.338 e. The van der Waals surface area contributed by atoms with Gasteiger partial charge in [-0.1, -0.05) is 48.4 Å². The Hall–Kier alpha value is -2.16.